The van der Waals surface area contributed by atoms with Gasteiger partial charge in [-0.3, -0.25) is 14.0 Å². The second kappa shape index (κ2) is 7.10. The number of ether oxygens (including phenoxy) is 1. The van der Waals surface area contributed by atoms with Crippen LogP contribution in [0.1, 0.15) is 6.92 Å². The molecule has 1 atom stereocenters. The summed E-state index contributed by atoms with van der Waals surface area (Å²) in [5, 5.41) is 4.42. The number of carbonyl (C=O) groups excluding carboxylic acids is 1. The van der Waals surface area contributed by atoms with E-state index in [4.69, 9.17) is 4.74 Å². The van der Waals surface area contributed by atoms with Gasteiger partial charge in [0.2, 0.25) is 5.91 Å². The van der Waals surface area contributed by atoms with E-state index in [2.05, 4.69) is 17.1 Å². The molecule has 1 fully saturated rings. The van der Waals surface area contributed by atoms with Crippen LogP contribution < -0.4 is 9.62 Å². The summed E-state index contributed by atoms with van der Waals surface area (Å²) in [6.07, 6.45) is 0. The molecule has 4 rings (SSSR count). The number of benzene rings is 2. The molecule has 2 aromatic carbocycles. The zero-order chi connectivity index (χ0) is 19.0. The van der Waals surface area contributed by atoms with Crippen LogP contribution in [0.25, 0.3) is 10.8 Å². The van der Waals surface area contributed by atoms with Gasteiger partial charge in [-0.05, 0) is 24.4 Å². The Bertz CT molecular complexity index is 965. The second-order valence-corrected chi connectivity index (χ2v) is 8.78. The molecule has 1 N–H and O–H groups in total. The number of sulfonamides is 1. The van der Waals surface area contributed by atoms with Crippen LogP contribution in [-0.4, -0.2) is 64.7 Å². The monoisotopic (exact) mass is 389 g/mol. The molecule has 144 valence electrons. The highest BCUT2D eigenvalue weighted by Crippen LogP contribution is 2.41. The van der Waals surface area contributed by atoms with Crippen LogP contribution in [0.5, 0.6) is 0 Å². The van der Waals surface area contributed by atoms with Gasteiger partial charge in [0.1, 0.15) is 6.54 Å². The van der Waals surface area contributed by atoms with Crippen molar-refractivity contribution in [2.24, 2.45) is 0 Å². The van der Waals surface area contributed by atoms with Crippen molar-refractivity contribution in [3.8, 4) is 0 Å². The summed E-state index contributed by atoms with van der Waals surface area (Å²) < 4.78 is 32.4. The molecule has 0 radical (unpaired) electrons. The minimum Gasteiger partial charge on any atom is -0.379 e. The molecule has 1 unspecified atom stereocenters. The first-order chi connectivity index (χ1) is 13.0. The zero-order valence-electron chi connectivity index (χ0n) is 15.2. The maximum Gasteiger partial charge on any atom is 0.265 e. The number of morpholine rings is 1. The van der Waals surface area contributed by atoms with Gasteiger partial charge in [-0.1, -0.05) is 24.3 Å². The minimum atomic E-state index is -3.71. The van der Waals surface area contributed by atoms with Crippen molar-refractivity contribution in [2.45, 2.75) is 17.9 Å². The summed E-state index contributed by atoms with van der Waals surface area (Å²) in [5.41, 5.74) is 0.569. The maximum atomic E-state index is 12.9. The summed E-state index contributed by atoms with van der Waals surface area (Å²) in [6.45, 7) is 5.40. The second-order valence-electron chi connectivity index (χ2n) is 6.94. The van der Waals surface area contributed by atoms with Crippen molar-refractivity contribution in [1.29, 1.82) is 0 Å². The number of nitrogens with zero attached hydrogens (tertiary/aromatic N) is 2. The first-order valence-corrected chi connectivity index (χ1v) is 10.6. The molecular weight excluding hydrogens is 366 g/mol. The molecule has 2 aromatic rings. The highest BCUT2D eigenvalue weighted by molar-refractivity contribution is 7.93. The van der Waals surface area contributed by atoms with Gasteiger partial charge in [0, 0.05) is 31.1 Å². The first kappa shape index (κ1) is 18.2. The van der Waals surface area contributed by atoms with Gasteiger partial charge >= 0.3 is 0 Å². The molecule has 27 heavy (non-hydrogen) atoms. The third-order valence-electron chi connectivity index (χ3n) is 5.23. The Morgan fingerprint density at radius 3 is 2.63 bits per heavy atom. The molecule has 2 heterocycles. The van der Waals surface area contributed by atoms with E-state index in [-0.39, 0.29) is 23.4 Å². The fraction of sp³-hybridized carbons (Fsp3) is 0.421. The van der Waals surface area contributed by atoms with E-state index in [1.54, 1.807) is 18.2 Å². The molecule has 2 aliphatic rings. The topological polar surface area (TPSA) is 79.0 Å². The van der Waals surface area contributed by atoms with Gasteiger partial charge in [-0.15, -0.1) is 0 Å². The highest BCUT2D eigenvalue weighted by Gasteiger charge is 2.36. The number of carbonyl (C=O) groups is 1. The van der Waals surface area contributed by atoms with Gasteiger partial charge in [-0.25, -0.2) is 8.42 Å². The van der Waals surface area contributed by atoms with Gasteiger partial charge in [0.25, 0.3) is 10.0 Å². The van der Waals surface area contributed by atoms with E-state index in [9.17, 15) is 13.2 Å². The summed E-state index contributed by atoms with van der Waals surface area (Å²) in [4.78, 5) is 15.0. The molecule has 1 saturated heterocycles. The lowest BCUT2D eigenvalue weighted by molar-refractivity contribution is -0.119. The number of anilines is 1. The Hall–Kier alpha value is -2.16. The van der Waals surface area contributed by atoms with Gasteiger partial charge in [0.15, 0.2) is 0 Å². The van der Waals surface area contributed by atoms with E-state index in [1.165, 1.54) is 4.31 Å². The Balaban J connectivity index is 1.47. The first-order valence-electron chi connectivity index (χ1n) is 9.11. The SMILES string of the molecule is CC(CNC(=O)CN1c2cccc3cccc(c23)S1(=O)=O)N1CCOCC1. The van der Waals surface area contributed by atoms with Crippen molar-refractivity contribution in [3.63, 3.8) is 0 Å². The van der Waals surface area contributed by atoms with Crippen LogP contribution in [0, 0.1) is 0 Å². The minimum absolute atomic E-state index is 0.175. The number of rotatable bonds is 5. The quantitative estimate of drug-likeness (QED) is 0.831. The molecule has 2 aliphatic heterocycles. The lowest BCUT2D eigenvalue weighted by atomic mass is 10.1. The van der Waals surface area contributed by atoms with Gasteiger partial charge < -0.3 is 10.1 Å². The van der Waals surface area contributed by atoms with E-state index in [0.717, 1.165) is 18.5 Å². The Labute approximate surface area is 158 Å². The molecule has 8 heteroatoms. The number of nitrogens with one attached hydrogen (secondary N) is 1. The largest absolute Gasteiger partial charge is 0.379 e. The average molecular weight is 389 g/mol. The molecule has 0 aromatic heterocycles. The predicted molar refractivity (Wildman–Crippen MR) is 103 cm³/mol. The van der Waals surface area contributed by atoms with Gasteiger partial charge in [-0.2, -0.15) is 0 Å². The third kappa shape index (κ3) is 3.28. The van der Waals surface area contributed by atoms with Crippen molar-refractivity contribution in [2.75, 3.05) is 43.7 Å². The smallest absolute Gasteiger partial charge is 0.265 e. The van der Waals surface area contributed by atoms with Gasteiger partial charge in [0.05, 0.1) is 23.8 Å². The third-order valence-corrected chi connectivity index (χ3v) is 7.03. The summed E-state index contributed by atoms with van der Waals surface area (Å²) in [6, 6.07) is 10.8. The van der Waals surface area contributed by atoms with Crippen LogP contribution in [-0.2, 0) is 19.6 Å². The van der Waals surface area contributed by atoms with E-state index >= 15 is 0 Å². The average Bonchev–Trinajstić information content (AvgIpc) is 2.90. The van der Waals surface area contributed by atoms with Crippen molar-refractivity contribution < 1.29 is 17.9 Å². The molecule has 1 amide bonds. The highest BCUT2D eigenvalue weighted by atomic mass is 32.2. The van der Waals surface area contributed by atoms with Crippen LogP contribution in [0.4, 0.5) is 5.69 Å². The summed E-state index contributed by atoms with van der Waals surface area (Å²) in [5.74, 6) is -0.302. The Morgan fingerprint density at radius 1 is 1.19 bits per heavy atom. The summed E-state index contributed by atoms with van der Waals surface area (Å²) in [7, 11) is -3.71. The zero-order valence-corrected chi connectivity index (χ0v) is 16.0. The molecule has 0 spiro atoms. The molecule has 0 saturated carbocycles. The number of hydrogen-bond donors (Lipinski definition) is 1. The fourth-order valence-corrected chi connectivity index (χ4v) is 5.39. The standard InChI is InChI=1S/C19H23N3O4S/c1-14(21-8-10-26-11-9-21)12-20-18(23)13-22-16-6-2-4-15-5-3-7-17(19(15)16)27(22,24)25/h2-7,14H,8-13H2,1H3,(H,20,23). The molecular formula is C19H23N3O4S. The number of hydrogen-bond acceptors (Lipinski definition) is 5. The van der Waals surface area contributed by atoms with Crippen LogP contribution in [0.3, 0.4) is 0 Å². The van der Waals surface area contributed by atoms with Crippen molar-refractivity contribution in [1.82, 2.24) is 10.2 Å². The lowest BCUT2D eigenvalue weighted by Crippen LogP contribution is -2.48. The van der Waals surface area contributed by atoms with Crippen molar-refractivity contribution >= 4 is 32.4 Å². The maximum absolute atomic E-state index is 12.9. The van der Waals surface area contributed by atoms with Crippen LogP contribution in [0.15, 0.2) is 41.3 Å². The Kier molecular flexibility index (Phi) is 4.79. The normalized spacial score (nSPS) is 20.0. The van der Waals surface area contributed by atoms with Crippen LogP contribution in [0.2, 0.25) is 0 Å². The van der Waals surface area contributed by atoms with Crippen molar-refractivity contribution in [3.05, 3.63) is 36.4 Å². The van der Waals surface area contributed by atoms with E-state index in [0.29, 0.717) is 30.8 Å². The fourth-order valence-electron chi connectivity index (χ4n) is 3.72. The predicted octanol–water partition coefficient (Wildman–Crippen LogP) is 1.19. The van der Waals surface area contributed by atoms with E-state index < -0.39 is 10.0 Å². The Morgan fingerprint density at radius 2 is 1.89 bits per heavy atom. The molecule has 0 aliphatic carbocycles. The van der Waals surface area contributed by atoms with E-state index in [1.807, 2.05) is 18.2 Å². The molecule has 7 nitrogen and oxygen atoms in total. The summed E-state index contributed by atoms with van der Waals surface area (Å²) >= 11 is 0. The lowest BCUT2D eigenvalue weighted by Gasteiger charge is -2.32. The molecule has 0 bridgehead atoms. The van der Waals surface area contributed by atoms with Crippen LogP contribution >= 0.6 is 0 Å². The number of amides is 1.